The molecule has 5 heteroatoms. The van der Waals surface area contributed by atoms with E-state index in [4.69, 9.17) is 4.74 Å². The van der Waals surface area contributed by atoms with Crippen LogP contribution in [0.25, 0.3) is 0 Å². The lowest BCUT2D eigenvalue weighted by atomic mass is 10.0. The van der Waals surface area contributed by atoms with Crippen molar-refractivity contribution in [2.45, 2.75) is 44.6 Å². The van der Waals surface area contributed by atoms with Crippen LogP contribution < -0.4 is 5.32 Å². The van der Waals surface area contributed by atoms with E-state index in [0.717, 1.165) is 25.9 Å². The molecule has 1 aliphatic rings. The molecule has 0 spiro atoms. The van der Waals surface area contributed by atoms with E-state index in [1.807, 2.05) is 4.90 Å². The van der Waals surface area contributed by atoms with E-state index in [-0.39, 0.29) is 5.91 Å². The lowest BCUT2D eigenvalue weighted by molar-refractivity contribution is -0.130. The molecule has 0 aromatic heterocycles. The molecule has 1 aliphatic heterocycles. The van der Waals surface area contributed by atoms with Gasteiger partial charge in [0.05, 0.1) is 12.1 Å². The Morgan fingerprint density at radius 2 is 1.95 bits per heavy atom. The number of ether oxygens (including phenoxy) is 1. The van der Waals surface area contributed by atoms with E-state index >= 15 is 0 Å². The molecule has 1 rings (SSSR count). The van der Waals surface area contributed by atoms with Gasteiger partial charge >= 0.3 is 0 Å². The third-order valence-corrected chi connectivity index (χ3v) is 3.59. The Kier molecular flexibility index (Phi) is 7.34. The summed E-state index contributed by atoms with van der Waals surface area (Å²) in [5, 5.41) is 13.1. The zero-order valence-electron chi connectivity index (χ0n) is 12.3. The van der Waals surface area contributed by atoms with Gasteiger partial charge in [-0.1, -0.05) is 12.8 Å². The van der Waals surface area contributed by atoms with Gasteiger partial charge in [-0.25, -0.2) is 0 Å². The Morgan fingerprint density at radius 1 is 1.32 bits per heavy atom. The zero-order valence-corrected chi connectivity index (χ0v) is 12.3. The van der Waals surface area contributed by atoms with E-state index in [1.165, 1.54) is 12.8 Å². The highest BCUT2D eigenvalue weighted by Crippen LogP contribution is 2.10. The average molecular weight is 272 g/mol. The number of hydrogen-bond acceptors (Lipinski definition) is 4. The van der Waals surface area contributed by atoms with E-state index in [9.17, 15) is 9.90 Å². The summed E-state index contributed by atoms with van der Waals surface area (Å²) in [6.45, 7) is 4.75. The minimum Gasteiger partial charge on any atom is -0.389 e. The van der Waals surface area contributed by atoms with Crippen molar-refractivity contribution in [3.63, 3.8) is 0 Å². The fourth-order valence-corrected chi connectivity index (χ4v) is 2.28. The Labute approximate surface area is 116 Å². The van der Waals surface area contributed by atoms with Gasteiger partial charge in [0.2, 0.25) is 5.91 Å². The monoisotopic (exact) mass is 272 g/mol. The first-order valence-corrected chi connectivity index (χ1v) is 7.25. The first-order chi connectivity index (χ1) is 9.05. The number of carbonyl (C=O) groups is 1. The van der Waals surface area contributed by atoms with Crippen molar-refractivity contribution >= 4 is 5.91 Å². The topological polar surface area (TPSA) is 61.8 Å². The van der Waals surface area contributed by atoms with Crippen molar-refractivity contribution in [3.05, 3.63) is 0 Å². The molecule has 1 atom stereocenters. The van der Waals surface area contributed by atoms with E-state index in [0.29, 0.717) is 26.1 Å². The quantitative estimate of drug-likeness (QED) is 0.718. The van der Waals surface area contributed by atoms with Gasteiger partial charge in [-0.05, 0) is 19.8 Å². The molecule has 5 nitrogen and oxygen atoms in total. The number of carbonyl (C=O) groups excluding carboxylic acids is 1. The van der Waals surface area contributed by atoms with Crippen LogP contribution in [-0.2, 0) is 9.53 Å². The van der Waals surface area contributed by atoms with Crippen LogP contribution in [0.15, 0.2) is 0 Å². The predicted molar refractivity (Wildman–Crippen MR) is 75.0 cm³/mol. The molecule has 1 saturated heterocycles. The van der Waals surface area contributed by atoms with Gasteiger partial charge in [-0.15, -0.1) is 0 Å². The summed E-state index contributed by atoms with van der Waals surface area (Å²) in [6.07, 6.45) is 5.23. The second-order valence-corrected chi connectivity index (χ2v) is 5.64. The maximum Gasteiger partial charge on any atom is 0.236 e. The number of likely N-dealkylation sites (tertiary alicyclic amines) is 1. The van der Waals surface area contributed by atoms with E-state index in [1.54, 1.807) is 14.0 Å². The lowest BCUT2D eigenvalue weighted by Gasteiger charge is -2.25. The standard InChI is InChI=1S/C14H28N2O3/c1-14(18,7-10-19-2)12-15-11-13(17)16-8-5-3-4-6-9-16/h15,18H,3-12H2,1-2H3. The SMILES string of the molecule is COCCC(C)(O)CNCC(=O)N1CCCCCC1. The van der Waals surface area contributed by atoms with Crippen LogP contribution >= 0.6 is 0 Å². The number of aliphatic hydroxyl groups is 1. The third-order valence-electron chi connectivity index (χ3n) is 3.59. The number of amides is 1. The fraction of sp³-hybridized carbons (Fsp3) is 0.929. The Hall–Kier alpha value is -0.650. The molecule has 1 unspecified atom stereocenters. The van der Waals surface area contributed by atoms with Crippen molar-refractivity contribution < 1.29 is 14.6 Å². The van der Waals surface area contributed by atoms with Gasteiger partial charge in [0.25, 0.3) is 0 Å². The summed E-state index contributed by atoms with van der Waals surface area (Å²) in [5.41, 5.74) is -0.824. The third kappa shape index (κ3) is 6.89. The average Bonchev–Trinajstić information content (AvgIpc) is 2.65. The molecular weight excluding hydrogens is 244 g/mol. The van der Waals surface area contributed by atoms with Crippen LogP contribution in [0, 0.1) is 0 Å². The van der Waals surface area contributed by atoms with Gasteiger partial charge in [-0.3, -0.25) is 4.79 Å². The highest BCUT2D eigenvalue weighted by molar-refractivity contribution is 5.78. The first kappa shape index (κ1) is 16.4. The van der Waals surface area contributed by atoms with Gasteiger partial charge in [0.1, 0.15) is 0 Å². The largest absolute Gasteiger partial charge is 0.389 e. The number of hydrogen-bond donors (Lipinski definition) is 2. The second-order valence-electron chi connectivity index (χ2n) is 5.64. The van der Waals surface area contributed by atoms with Crippen molar-refractivity contribution in [1.29, 1.82) is 0 Å². The normalized spacial score (nSPS) is 19.8. The molecule has 112 valence electrons. The highest BCUT2D eigenvalue weighted by Gasteiger charge is 2.21. The number of nitrogens with one attached hydrogen (secondary N) is 1. The first-order valence-electron chi connectivity index (χ1n) is 7.25. The minimum atomic E-state index is -0.824. The Morgan fingerprint density at radius 3 is 2.53 bits per heavy atom. The fourth-order valence-electron chi connectivity index (χ4n) is 2.28. The minimum absolute atomic E-state index is 0.143. The molecule has 1 fully saturated rings. The molecule has 0 aromatic rings. The van der Waals surface area contributed by atoms with Crippen molar-refractivity contribution in [3.8, 4) is 0 Å². The van der Waals surface area contributed by atoms with E-state index in [2.05, 4.69) is 5.32 Å². The van der Waals surface area contributed by atoms with Gasteiger partial charge < -0.3 is 20.1 Å². The van der Waals surface area contributed by atoms with E-state index < -0.39 is 5.60 Å². The van der Waals surface area contributed by atoms with Gasteiger partial charge in [0, 0.05) is 39.8 Å². The molecule has 0 aliphatic carbocycles. The van der Waals surface area contributed by atoms with Crippen LogP contribution in [0.3, 0.4) is 0 Å². The maximum absolute atomic E-state index is 12.0. The van der Waals surface area contributed by atoms with Gasteiger partial charge in [-0.2, -0.15) is 0 Å². The molecule has 0 bridgehead atoms. The second kappa shape index (κ2) is 8.51. The Balaban J connectivity index is 2.21. The van der Waals surface area contributed by atoms with Gasteiger partial charge in [0.15, 0.2) is 0 Å². The summed E-state index contributed by atoms with van der Waals surface area (Å²) < 4.78 is 4.95. The van der Waals surface area contributed by atoms with Crippen LogP contribution in [0.5, 0.6) is 0 Å². The number of rotatable bonds is 7. The van der Waals surface area contributed by atoms with Crippen molar-refractivity contribution in [2.75, 3.05) is 39.9 Å². The molecule has 0 saturated carbocycles. The summed E-state index contributed by atoms with van der Waals surface area (Å²) >= 11 is 0. The van der Waals surface area contributed by atoms with Crippen molar-refractivity contribution in [1.82, 2.24) is 10.2 Å². The molecule has 19 heavy (non-hydrogen) atoms. The molecule has 0 radical (unpaired) electrons. The summed E-state index contributed by atoms with van der Waals surface area (Å²) in [7, 11) is 1.62. The molecule has 1 heterocycles. The smallest absolute Gasteiger partial charge is 0.236 e. The molecular formula is C14H28N2O3. The highest BCUT2D eigenvalue weighted by atomic mass is 16.5. The summed E-state index contributed by atoms with van der Waals surface area (Å²) in [4.78, 5) is 13.9. The lowest BCUT2D eigenvalue weighted by Crippen LogP contribution is -2.44. The van der Waals surface area contributed by atoms with Crippen LogP contribution in [-0.4, -0.2) is 61.4 Å². The number of methoxy groups -OCH3 is 1. The summed E-state index contributed by atoms with van der Waals surface area (Å²) in [6, 6.07) is 0. The molecule has 0 aromatic carbocycles. The van der Waals surface area contributed by atoms with Crippen molar-refractivity contribution in [2.24, 2.45) is 0 Å². The summed E-state index contributed by atoms with van der Waals surface area (Å²) in [5.74, 6) is 0.143. The molecule has 2 N–H and O–H groups in total. The van der Waals surface area contributed by atoms with Crippen LogP contribution in [0.2, 0.25) is 0 Å². The van der Waals surface area contributed by atoms with Crippen LogP contribution in [0.1, 0.15) is 39.0 Å². The molecule has 1 amide bonds. The number of nitrogens with zero attached hydrogens (tertiary/aromatic N) is 1. The maximum atomic E-state index is 12.0. The Bertz CT molecular complexity index is 261. The van der Waals surface area contributed by atoms with Crippen LogP contribution in [0.4, 0.5) is 0 Å². The zero-order chi connectivity index (χ0) is 14.1. The predicted octanol–water partition coefficient (Wildman–Crippen LogP) is 0.766.